The maximum atomic E-state index is 12.7. The lowest BCUT2D eigenvalue weighted by atomic mass is 9.66. The van der Waals surface area contributed by atoms with E-state index in [1.54, 1.807) is 38.5 Å². The number of ketones is 1. The number of aromatic hydroxyl groups is 1. The zero-order valence-corrected chi connectivity index (χ0v) is 16.4. The maximum absolute atomic E-state index is 12.7. The normalized spacial score (nSPS) is 35.7. The Morgan fingerprint density at radius 3 is 2.67 bits per heavy atom. The van der Waals surface area contributed by atoms with Gasteiger partial charge in [-0.15, -0.1) is 6.58 Å². The molecule has 0 unspecified atom stereocenters. The Labute approximate surface area is 160 Å². The number of allylic oxidation sites excluding steroid dienone is 1. The van der Waals surface area contributed by atoms with Gasteiger partial charge in [0.05, 0.1) is 19.6 Å². The highest BCUT2D eigenvalue weighted by molar-refractivity contribution is 5.83. The van der Waals surface area contributed by atoms with Gasteiger partial charge in [0.1, 0.15) is 11.4 Å². The fourth-order valence-electron chi connectivity index (χ4n) is 4.75. The Hall–Kier alpha value is -1.89. The van der Waals surface area contributed by atoms with Gasteiger partial charge in [-0.25, -0.2) is 0 Å². The number of Topliss-reactive ketones (excluding diaryl/α,β-unsaturated/α-hetero) is 1. The number of ether oxygens (including phenoxy) is 4. The molecule has 0 radical (unpaired) electrons. The molecule has 1 saturated carbocycles. The lowest BCUT2D eigenvalue weighted by Crippen LogP contribution is -2.62. The Kier molecular flexibility index (Phi) is 5.34. The SMILES string of the molecule is C=CC[C@H]1C[C@]2(OC)[C@@H](C)[C@@H](c3ccc(O)c(OC)c3)O[C@@]2(OC)CC1=O. The predicted octanol–water partition coefficient (Wildman–Crippen LogP) is 3.39. The molecular formula is C21H28O6. The summed E-state index contributed by atoms with van der Waals surface area (Å²) < 4.78 is 23.5. The zero-order valence-electron chi connectivity index (χ0n) is 16.4. The van der Waals surface area contributed by atoms with Crippen molar-refractivity contribution in [3.8, 4) is 11.5 Å². The van der Waals surface area contributed by atoms with Crippen LogP contribution in [0.4, 0.5) is 0 Å². The molecule has 6 heteroatoms. The minimum Gasteiger partial charge on any atom is -0.504 e. The van der Waals surface area contributed by atoms with Gasteiger partial charge < -0.3 is 24.1 Å². The molecule has 0 spiro atoms. The summed E-state index contributed by atoms with van der Waals surface area (Å²) in [6, 6.07) is 5.13. The molecular weight excluding hydrogens is 348 g/mol. The molecule has 1 aromatic rings. The van der Waals surface area contributed by atoms with Gasteiger partial charge in [0, 0.05) is 26.1 Å². The molecule has 0 amide bonds. The molecule has 2 fully saturated rings. The molecule has 0 aromatic heterocycles. The Morgan fingerprint density at radius 2 is 2.07 bits per heavy atom. The van der Waals surface area contributed by atoms with Crippen molar-refractivity contribution in [3.63, 3.8) is 0 Å². The van der Waals surface area contributed by atoms with Crippen molar-refractivity contribution in [1.82, 2.24) is 0 Å². The minimum absolute atomic E-state index is 0.0634. The third-order valence-corrected chi connectivity index (χ3v) is 6.24. The third kappa shape index (κ3) is 2.87. The van der Waals surface area contributed by atoms with Gasteiger partial charge in [-0.3, -0.25) is 4.79 Å². The number of carbonyl (C=O) groups is 1. The van der Waals surface area contributed by atoms with E-state index in [1.807, 2.05) is 0 Å². The minimum atomic E-state index is -1.15. The molecule has 1 N–H and O–H groups in total. The molecule has 3 rings (SSSR count). The lowest BCUT2D eigenvalue weighted by Gasteiger charge is -2.48. The predicted molar refractivity (Wildman–Crippen MR) is 99.7 cm³/mol. The van der Waals surface area contributed by atoms with E-state index in [0.29, 0.717) is 18.6 Å². The van der Waals surface area contributed by atoms with E-state index in [4.69, 9.17) is 18.9 Å². The number of benzene rings is 1. The van der Waals surface area contributed by atoms with Crippen LogP contribution in [0.15, 0.2) is 30.9 Å². The highest BCUT2D eigenvalue weighted by Crippen LogP contribution is 2.59. The van der Waals surface area contributed by atoms with Crippen molar-refractivity contribution in [2.75, 3.05) is 21.3 Å². The molecule has 1 heterocycles. The van der Waals surface area contributed by atoms with E-state index in [0.717, 1.165) is 5.56 Å². The van der Waals surface area contributed by atoms with E-state index < -0.39 is 11.4 Å². The number of phenolic OH excluding ortho intramolecular Hbond substituents is 1. The molecule has 1 aromatic carbocycles. The summed E-state index contributed by atoms with van der Waals surface area (Å²) in [6.07, 6.45) is 2.65. The average molecular weight is 376 g/mol. The van der Waals surface area contributed by atoms with E-state index in [-0.39, 0.29) is 35.9 Å². The monoisotopic (exact) mass is 376 g/mol. The topological polar surface area (TPSA) is 74.2 Å². The van der Waals surface area contributed by atoms with Crippen molar-refractivity contribution >= 4 is 5.78 Å². The Morgan fingerprint density at radius 1 is 1.33 bits per heavy atom. The van der Waals surface area contributed by atoms with Crippen LogP contribution in [0.1, 0.15) is 37.9 Å². The van der Waals surface area contributed by atoms with Crippen LogP contribution in [0.3, 0.4) is 0 Å². The Balaban J connectivity index is 2.05. The van der Waals surface area contributed by atoms with Crippen LogP contribution in [0.25, 0.3) is 0 Å². The molecule has 1 saturated heterocycles. The van der Waals surface area contributed by atoms with Crippen LogP contribution in [0.2, 0.25) is 0 Å². The third-order valence-electron chi connectivity index (χ3n) is 6.24. The fraction of sp³-hybridized carbons (Fsp3) is 0.571. The van der Waals surface area contributed by atoms with Crippen LogP contribution in [0.5, 0.6) is 11.5 Å². The van der Waals surface area contributed by atoms with E-state index in [1.165, 1.54) is 7.11 Å². The van der Waals surface area contributed by atoms with Gasteiger partial charge >= 0.3 is 0 Å². The number of carbonyl (C=O) groups excluding carboxylic acids is 1. The number of rotatable bonds is 6. The maximum Gasteiger partial charge on any atom is 0.205 e. The van der Waals surface area contributed by atoms with Gasteiger partial charge in [0.2, 0.25) is 5.79 Å². The Bertz CT molecular complexity index is 731. The second kappa shape index (κ2) is 7.26. The molecule has 2 aliphatic rings. The number of hydrogen-bond donors (Lipinski definition) is 1. The van der Waals surface area contributed by atoms with E-state index in [2.05, 4.69) is 13.5 Å². The molecule has 0 bridgehead atoms. The van der Waals surface area contributed by atoms with Gasteiger partial charge in [-0.1, -0.05) is 19.1 Å². The van der Waals surface area contributed by atoms with Crippen molar-refractivity contribution in [3.05, 3.63) is 36.4 Å². The highest BCUT2D eigenvalue weighted by Gasteiger charge is 2.69. The molecule has 1 aliphatic heterocycles. The smallest absolute Gasteiger partial charge is 0.205 e. The number of hydrogen-bond acceptors (Lipinski definition) is 6. The van der Waals surface area contributed by atoms with Crippen LogP contribution in [-0.2, 0) is 19.0 Å². The summed E-state index contributed by atoms with van der Waals surface area (Å²) in [5, 5.41) is 9.90. The molecule has 148 valence electrons. The summed E-state index contributed by atoms with van der Waals surface area (Å²) >= 11 is 0. The van der Waals surface area contributed by atoms with Gasteiger partial charge in [0.15, 0.2) is 11.5 Å². The molecule has 5 atom stereocenters. The summed E-state index contributed by atoms with van der Waals surface area (Å²) in [4.78, 5) is 12.7. The standard InChI is InChI=1S/C21H28O6/c1-6-7-15-11-20(25-4)13(2)19(27-21(20,26-5)12-17(15)23)14-8-9-16(22)18(10-14)24-3/h6,8-10,13,15,19,22H,1,7,11-12H2,2-5H3/t13-,15-,19-,20-,21-/m0/s1. The van der Waals surface area contributed by atoms with Gasteiger partial charge in [-0.05, 0) is 30.5 Å². The second-order valence-electron chi connectivity index (χ2n) is 7.38. The number of phenols is 1. The molecule has 6 nitrogen and oxygen atoms in total. The van der Waals surface area contributed by atoms with Crippen molar-refractivity contribution in [2.24, 2.45) is 11.8 Å². The number of methoxy groups -OCH3 is 3. The van der Waals surface area contributed by atoms with E-state index >= 15 is 0 Å². The summed E-state index contributed by atoms with van der Waals surface area (Å²) in [6.45, 7) is 5.83. The quantitative estimate of drug-likeness (QED) is 0.767. The van der Waals surface area contributed by atoms with Crippen molar-refractivity contribution in [2.45, 2.75) is 43.7 Å². The van der Waals surface area contributed by atoms with E-state index in [9.17, 15) is 9.90 Å². The average Bonchev–Trinajstić information content (AvgIpc) is 2.92. The lowest BCUT2D eigenvalue weighted by molar-refractivity contribution is -0.298. The largest absolute Gasteiger partial charge is 0.504 e. The second-order valence-corrected chi connectivity index (χ2v) is 7.38. The summed E-state index contributed by atoms with van der Waals surface area (Å²) in [5.74, 6) is -0.862. The van der Waals surface area contributed by atoms with Crippen LogP contribution in [-0.4, -0.2) is 43.6 Å². The van der Waals surface area contributed by atoms with Crippen molar-refractivity contribution in [1.29, 1.82) is 0 Å². The van der Waals surface area contributed by atoms with Gasteiger partial charge in [0.25, 0.3) is 0 Å². The zero-order chi connectivity index (χ0) is 19.8. The fourth-order valence-corrected chi connectivity index (χ4v) is 4.75. The van der Waals surface area contributed by atoms with Crippen LogP contribution < -0.4 is 4.74 Å². The first kappa shape index (κ1) is 19.9. The first-order valence-corrected chi connectivity index (χ1v) is 9.16. The number of fused-ring (bicyclic) bond motifs is 1. The van der Waals surface area contributed by atoms with Crippen LogP contribution >= 0.6 is 0 Å². The summed E-state index contributed by atoms with van der Waals surface area (Å²) in [7, 11) is 4.71. The van der Waals surface area contributed by atoms with Gasteiger partial charge in [-0.2, -0.15) is 0 Å². The van der Waals surface area contributed by atoms with Crippen LogP contribution in [0, 0.1) is 11.8 Å². The summed E-state index contributed by atoms with van der Waals surface area (Å²) in [5.41, 5.74) is 0.0752. The highest BCUT2D eigenvalue weighted by atomic mass is 16.7. The van der Waals surface area contributed by atoms with Crippen molar-refractivity contribution < 1.29 is 28.8 Å². The molecule has 27 heavy (non-hydrogen) atoms. The molecule has 1 aliphatic carbocycles. The first-order valence-electron chi connectivity index (χ1n) is 9.16. The first-order chi connectivity index (χ1) is 12.9.